The van der Waals surface area contributed by atoms with E-state index in [0.717, 1.165) is 47.9 Å². The van der Waals surface area contributed by atoms with Gasteiger partial charge in [-0.05, 0) is 31.0 Å². The summed E-state index contributed by atoms with van der Waals surface area (Å²) in [6.45, 7) is 2.10. The molecule has 100 valence electrons. The first-order valence-electron chi connectivity index (χ1n) is 6.84. The van der Waals surface area contributed by atoms with E-state index in [0.29, 0.717) is 0 Å². The van der Waals surface area contributed by atoms with Gasteiger partial charge < -0.3 is 9.72 Å². The Morgan fingerprint density at radius 2 is 2.05 bits per heavy atom. The molecular weight excluding hydrogens is 238 g/mol. The van der Waals surface area contributed by atoms with Crippen molar-refractivity contribution < 1.29 is 9.53 Å². The molecule has 3 heteroatoms. The molecular formula is C16H19NO2. The summed E-state index contributed by atoms with van der Waals surface area (Å²) in [4.78, 5) is 16.0. The number of ether oxygens (including phenoxy) is 1. The van der Waals surface area contributed by atoms with Gasteiger partial charge in [0.2, 0.25) is 0 Å². The van der Waals surface area contributed by atoms with Crippen LogP contribution in [0.4, 0.5) is 0 Å². The van der Waals surface area contributed by atoms with Crippen LogP contribution >= 0.6 is 0 Å². The molecule has 19 heavy (non-hydrogen) atoms. The lowest BCUT2D eigenvalue weighted by atomic mass is 9.81. The molecule has 1 aliphatic rings. The molecule has 1 aliphatic carbocycles. The Balaban J connectivity index is 2.07. The molecule has 1 aromatic carbocycles. The summed E-state index contributed by atoms with van der Waals surface area (Å²) in [6.07, 6.45) is 6.17. The summed E-state index contributed by atoms with van der Waals surface area (Å²) in [5, 5.41) is 0.970. The predicted molar refractivity (Wildman–Crippen MR) is 75.8 cm³/mol. The van der Waals surface area contributed by atoms with Crippen LogP contribution in [0.2, 0.25) is 0 Å². The van der Waals surface area contributed by atoms with E-state index in [1.165, 1.54) is 0 Å². The van der Waals surface area contributed by atoms with Crippen LogP contribution in [-0.2, 0) is 0 Å². The second-order valence-corrected chi connectivity index (χ2v) is 5.71. The summed E-state index contributed by atoms with van der Waals surface area (Å²) >= 11 is 0. The summed E-state index contributed by atoms with van der Waals surface area (Å²) in [6, 6.07) is 5.81. The van der Waals surface area contributed by atoms with Gasteiger partial charge in [-0.25, -0.2) is 0 Å². The van der Waals surface area contributed by atoms with Crippen molar-refractivity contribution in [1.29, 1.82) is 0 Å². The Hall–Kier alpha value is -1.77. The highest BCUT2D eigenvalue weighted by Gasteiger charge is 2.37. The molecule has 0 amide bonds. The Kier molecular flexibility index (Phi) is 2.85. The Labute approximate surface area is 113 Å². The highest BCUT2D eigenvalue weighted by molar-refractivity contribution is 6.10. The van der Waals surface area contributed by atoms with E-state index in [2.05, 4.69) is 11.9 Å². The number of benzene rings is 1. The minimum absolute atomic E-state index is 0.182. The van der Waals surface area contributed by atoms with Crippen LogP contribution in [0, 0.1) is 5.41 Å². The molecule has 0 radical (unpaired) electrons. The normalized spacial score (nSPS) is 17.8. The standard InChI is InChI=1S/C16H19NO2/c1-16(7-3-4-8-16)15(18)13-10-17-14-6-5-11(19-2)9-12(13)14/h5-6,9-10,17H,3-4,7-8H2,1-2H3. The zero-order chi connectivity index (χ0) is 13.5. The van der Waals surface area contributed by atoms with Crippen LogP contribution in [0.3, 0.4) is 0 Å². The Morgan fingerprint density at radius 1 is 1.32 bits per heavy atom. The van der Waals surface area contributed by atoms with Crippen molar-refractivity contribution in [3.63, 3.8) is 0 Å². The summed E-state index contributed by atoms with van der Waals surface area (Å²) in [5.41, 5.74) is 1.61. The molecule has 1 fully saturated rings. The second kappa shape index (κ2) is 4.41. The third-order valence-corrected chi connectivity index (χ3v) is 4.39. The fourth-order valence-corrected chi connectivity index (χ4v) is 3.12. The average Bonchev–Trinajstić information content (AvgIpc) is 3.04. The maximum absolute atomic E-state index is 12.8. The number of carbonyl (C=O) groups excluding carboxylic acids is 1. The van der Waals surface area contributed by atoms with Crippen molar-refractivity contribution in [2.45, 2.75) is 32.6 Å². The molecule has 0 saturated heterocycles. The van der Waals surface area contributed by atoms with Gasteiger partial charge in [-0.1, -0.05) is 19.8 Å². The topological polar surface area (TPSA) is 42.1 Å². The molecule has 3 nitrogen and oxygen atoms in total. The number of fused-ring (bicyclic) bond motifs is 1. The number of methoxy groups -OCH3 is 1. The first-order valence-corrected chi connectivity index (χ1v) is 6.84. The molecule has 3 rings (SSSR count). The molecule has 0 aliphatic heterocycles. The number of ketones is 1. The highest BCUT2D eigenvalue weighted by atomic mass is 16.5. The maximum atomic E-state index is 12.8. The zero-order valence-corrected chi connectivity index (χ0v) is 11.5. The van der Waals surface area contributed by atoms with Gasteiger partial charge in [-0.3, -0.25) is 4.79 Å². The van der Waals surface area contributed by atoms with E-state index in [1.807, 2.05) is 24.4 Å². The summed E-state index contributed by atoms with van der Waals surface area (Å²) in [5.74, 6) is 1.06. The Morgan fingerprint density at radius 3 is 2.74 bits per heavy atom. The predicted octanol–water partition coefficient (Wildman–Crippen LogP) is 3.94. The van der Waals surface area contributed by atoms with Crippen LogP contribution in [0.5, 0.6) is 5.75 Å². The molecule has 1 N–H and O–H groups in total. The van der Waals surface area contributed by atoms with Gasteiger partial charge in [0.15, 0.2) is 5.78 Å². The third-order valence-electron chi connectivity index (χ3n) is 4.39. The van der Waals surface area contributed by atoms with Crippen LogP contribution < -0.4 is 4.74 Å². The minimum Gasteiger partial charge on any atom is -0.497 e. The number of H-pyrrole nitrogens is 1. The van der Waals surface area contributed by atoms with Gasteiger partial charge >= 0.3 is 0 Å². The molecule has 1 aromatic heterocycles. The molecule has 1 heterocycles. The van der Waals surface area contributed by atoms with Gasteiger partial charge in [-0.2, -0.15) is 0 Å². The third kappa shape index (κ3) is 1.93. The van der Waals surface area contributed by atoms with Crippen molar-refractivity contribution in [3.8, 4) is 5.75 Å². The van der Waals surface area contributed by atoms with Crippen molar-refractivity contribution >= 4 is 16.7 Å². The monoisotopic (exact) mass is 257 g/mol. The number of aromatic amines is 1. The van der Waals surface area contributed by atoms with Crippen molar-refractivity contribution in [2.75, 3.05) is 7.11 Å². The van der Waals surface area contributed by atoms with Gasteiger partial charge in [0, 0.05) is 28.1 Å². The number of hydrogen-bond acceptors (Lipinski definition) is 2. The lowest BCUT2D eigenvalue weighted by Crippen LogP contribution is -2.24. The van der Waals surface area contributed by atoms with Crippen LogP contribution in [0.25, 0.3) is 10.9 Å². The molecule has 0 unspecified atom stereocenters. The number of aromatic nitrogens is 1. The van der Waals surface area contributed by atoms with Gasteiger partial charge in [0.1, 0.15) is 5.75 Å². The van der Waals surface area contributed by atoms with Gasteiger partial charge in [-0.15, -0.1) is 0 Å². The van der Waals surface area contributed by atoms with Crippen molar-refractivity contribution in [1.82, 2.24) is 4.98 Å². The summed E-state index contributed by atoms with van der Waals surface area (Å²) in [7, 11) is 1.65. The van der Waals surface area contributed by atoms with E-state index < -0.39 is 0 Å². The lowest BCUT2D eigenvalue weighted by molar-refractivity contribution is 0.0825. The number of hydrogen-bond donors (Lipinski definition) is 1. The molecule has 0 atom stereocenters. The van der Waals surface area contributed by atoms with Crippen LogP contribution in [0.15, 0.2) is 24.4 Å². The minimum atomic E-state index is -0.182. The van der Waals surface area contributed by atoms with Crippen molar-refractivity contribution in [3.05, 3.63) is 30.0 Å². The molecule has 0 spiro atoms. The zero-order valence-electron chi connectivity index (χ0n) is 11.5. The molecule has 0 bridgehead atoms. The van der Waals surface area contributed by atoms with Crippen molar-refractivity contribution in [2.24, 2.45) is 5.41 Å². The fourth-order valence-electron chi connectivity index (χ4n) is 3.12. The van der Waals surface area contributed by atoms with Crippen LogP contribution in [-0.4, -0.2) is 17.9 Å². The largest absolute Gasteiger partial charge is 0.497 e. The van der Waals surface area contributed by atoms with E-state index in [9.17, 15) is 4.79 Å². The summed E-state index contributed by atoms with van der Waals surface area (Å²) < 4.78 is 5.25. The Bertz CT molecular complexity index is 621. The van der Waals surface area contributed by atoms with Crippen LogP contribution in [0.1, 0.15) is 43.0 Å². The number of Topliss-reactive ketones (excluding diaryl/α,β-unsaturated/α-hetero) is 1. The smallest absolute Gasteiger partial charge is 0.170 e. The highest BCUT2D eigenvalue weighted by Crippen LogP contribution is 2.41. The molecule has 1 saturated carbocycles. The number of nitrogens with one attached hydrogen (secondary N) is 1. The number of carbonyl (C=O) groups is 1. The van der Waals surface area contributed by atoms with Gasteiger partial charge in [0.05, 0.1) is 7.11 Å². The first-order chi connectivity index (χ1) is 9.14. The second-order valence-electron chi connectivity index (χ2n) is 5.71. The van der Waals surface area contributed by atoms with E-state index in [4.69, 9.17) is 4.74 Å². The SMILES string of the molecule is COc1ccc2[nH]cc(C(=O)C3(C)CCCC3)c2c1. The average molecular weight is 257 g/mol. The number of rotatable bonds is 3. The van der Waals surface area contributed by atoms with E-state index in [-0.39, 0.29) is 11.2 Å². The van der Waals surface area contributed by atoms with E-state index >= 15 is 0 Å². The molecule has 2 aromatic rings. The fraction of sp³-hybridized carbons (Fsp3) is 0.438. The van der Waals surface area contributed by atoms with Gasteiger partial charge in [0.25, 0.3) is 0 Å². The first kappa shape index (κ1) is 12.3. The lowest BCUT2D eigenvalue weighted by Gasteiger charge is -2.21. The maximum Gasteiger partial charge on any atom is 0.170 e. The van der Waals surface area contributed by atoms with E-state index in [1.54, 1.807) is 7.11 Å². The quantitative estimate of drug-likeness (QED) is 0.846.